The molecule has 0 aromatic heterocycles. The second-order valence-electron chi connectivity index (χ2n) is 3.32. The zero-order valence-corrected chi connectivity index (χ0v) is 8.16. The summed E-state index contributed by atoms with van der Waals surface area (Å²) in [6.45, 7) is 6.66. The lowest BCUT2D eigenvalue weighted by Gasteiger charge is -2.32. The molecule has 14 heavy (non-hydrogen) atoms. The van der Waals surface area contributed by atoms with Crippen molar-refractivity contribution in [2.24, 2.45) is 0 Å². The molecule has 0 spiro atoms. The smallest absolute Gasteiger partial charge is 0.352 e. The Morgan fingerprint density at radius 1 is 1.71 bits per heavy atom. The number of carboxylic acids is 1. The molecule has 1 saturated heterocycles. The van der Waals surface area contributed by atoms with Crippen molar-refractivity contribution in [1.82, 2.24) is 0 Å². The summed E-state index contributed by atoms with van der Waals surface area (Å²) in [5, 5.41) is 8.89. The zero-order valence-electron chi connectivity index (χ0n) is 8.16. The summed E-state index contributed by atoms with van der Waals surface area (Å²) < 4.78 is 4.84. The number of aliphatic carboxylic acids is 1. The molecule has 1 fully saturated rings. The van der Waals surface area contributed by atoms with Gasteiger partial charge in [-0.2, -0.15) is 0 Å². The van der Waals surface area contributed by atoms with Crippen LogP contribution >= 0.6 is 0 Å². The van der Waals surface area contributed by atoms with Gasteiger partial charge < -0.3 is 9.84 Å². The van der Waals surface area contributed by atoms with Crippen LogP contribution in [0.25, 0.3) is 0 Å². The lowest BCUT2D eigenvalue weighted by molar-refractivity contribution is -0.171. The number of cyclic esters (lactones) is 1. The van der Waals surface area contributed by atoms with Crippen LogP contribution in [-0.4, -0.2) is 22.6 Å². The van der Waals surface area contributed by atoms with Gasteiger partial charge in [0.1, 0.15) is 0 Å². The van der Waals surface area contributed by atoms with Crippen LogP contribution < -0.4 is 0 Å². The molecule has 0 amide bonds. The number of allylic oxidation sites excluding steroid dienone is 1. The fraction of sp³-hybridized carbons (Fsp3) is 0.400. The third kappa shape index (κ3) is 1.43. The van der Waals surface area contributed by atoms with E-state index in [2.05, 4.69) is 6.58 Å². The minimum absolute atomic E-state index is 0.262. The number of esters is 1. The first-order chi connectivity index (χ1) is 6.41. The highest BCUT2D eigenvalue weighted by atomic mass is 16.6. The lowest BCUT2D eigenvalue weighted by Crippen LogP contribution is -2.45. The van der Waals surface area contributed by atoms with Gasteiger partial charge in [0.05, 0.1) is 0 Å². The summed E-state index contributed by atoms with van der Waals surface area (Å²) in [5.74, 6) is -1.77. The summed E-state index contributed by atoms with van der Waals surface area (Å²) in [6.07, 6.45) is 1.87. The molecule has 0 aromatic rings. The van der Waals surface area contributed by atoms with E-state index in [4.69, 9.17) is 9.84 Å². The molecule has 4 nitrogen and oxygen atoms in total. The molecule has 0 saturated carbocycles. The Kier molecular flexibility index (Phi) is 2.47. The largest absolute Gasteiger partial charge is 0.478 e. The van der Waals surface area contributed by atoms with Crippen LogP contribution in [0.4, 0.5) is 0 Å². The summed E-state index contributed by atoms with van der Waals surface area (Å²) in [6, 6.07) is 0. The molecule has 4 heteroatoms. The number of hydrogen-bond acceptors (Lipinski definition) is 3. The van der Waals surface area contributed by atoms with E-state index in [9.17, 15) is 9.59 Å². The molecule has 0 aromatic carbocycles. The summed E-state index contributed by atoms with van der Waals surface area (Å²) in [7, 11) is 0. The Balaban J connectivity index is 3.04. The standard InChI is InChI=1S/C10H12O4/c1-4-7-5-6(2)10(3,9(12)13)14-8(7)11/h4H,2,5H2,1,3H3,(H,12,13). The van der Waals surface area contributed by atoms with Crippen LogP contribution in [0.3, 0.4) is 0 Å². The van der Waals surface area contributed by atoms with Gasteiger partial charge in [0.2, 0.25) is 5.60 Å². The third-order valence-electron chi connectivity index (χ3n) is 2.39. The zero-order chi connectivity index (χ0) is 10.9. The first kappa shape index (κ1) is 10.5. The minimum Gasteiger partial charge on any atom is -0.478 e. The quantitative estimate of drug-likeness (QED) is 0.390. The molecule has 0 aliphatic carbocycles. The normalized spacial score (nSPS) is 30.3. The number of carbonyl (C=O) groups is 2. The van der Waals surface area contributed by atoms with Crippen molar-refractivity contribution in [1.29, 1.82) is 0 Å². The average Bonchev–Trinajstić information content (AvgIpc) is 2.11. The van der Waals surface area contributed by atoms with Crippen LogP contribution in [0.1, 0.15) is 20.3 Å². The summed E-state index contributed by atoms with van der Waals surface area (Å²) >= 11 is 0. The van der Waals surface area contributed by atoms with Gasteiger partial charge in [-0.1, -0.05) is 12.7 Å². The number of carbonyl (C=O) groups excluding carboxylic acids is 1. The van der Waals surface area contributed by atoms with E-state index >= 15 is 0 Å². The Labute approximate surface area is 81.9 Å². The maximum atomic E-state index is 11.3. The molecule has 1 rings (SSSR count). The molecule has 1 aliphatic rings. The second-order valence-corrected chi connectivity index (χ2v) is 3.32. The Morgan fingerprint density at radius 2 is 2.29 bits per heavy atom. The van der Waals surface area contributed by atoms with E-state index in [0.717, 1.165) is 0 Å². The number of rotatable bonds is 1. The van der Waals surface area contributed by atoms with Crippen LogP contribution in [-0.2, 0) is 14.3 Å². The van der Waals surface area contributed by atoms with Gasteiger partial charge >= 0.3 is 11.9 Å². The maximum Gasteiger partial charge on any atom is 0.352 e. The topological polar surface area (TPSA) is 63.6 Å². The van der Waals surface area contributed by atoms with Crippen molar-refractivity contribution < 1.29 is 19.4 Å². The third-order valence-corrected chi connectivity index (χ3v) is 2.39. The highest BCUT2D eigenvalue weighted by Crippen LogP contribution is 2.32. The summed E-state index contributed by atoms with van der Waals surface area (Å²) in [5.41, 5.74) is -0.740. The first-order valence-corrected chi connectivity index (χ1v) is 4.22. The van der Waals surface area contributed by atoms with E-state index in [-0.39, 0.29) is 6.42 Å². The van der Waals surface area contributed by atoms with E-state index in [1.165, 1.54) is 6.92 Å². The van der Waals surface area contributed by atoms with Crippen LogP contribution in [0, 0.1) is 0 Å². The molecule has 0 bridgehead atoms. The molecule has 1 atom stereocenters. The van der Waals surface area contributed by atoms with Gasteiger partial charge in [-0.15, -0.1) is 0 Å². The minimum atomic E-state index is -1.58. The molecule has 0 radical (unpaired) electrons. The van der Waals surface area contributed by atoms with Gasteiger partial charge in [0, 0.05) is 12.0 Å². The van der Waals surface area contributed by atoms with Gasteiger partial charge in [-0.3, -0.25) is 0 Å². The fourth-order valence-electron chi connectivity index (χ4n) is 1.21. The average molecular weight is 196 g/mol. The molecule has 1 aliphatic heterocycles. The molecular weight excluding hydrogens is 184 g/mol. The van der Waals surface area contributed by atoms with Crippen molar-refractivity contribution in [3.05, 3.63) is 23.8 Å². The van der Waals surface area contributed by atoms with Gasteiger partial charge in [-0.25, -0.2) is 9.59 Å². The molecule has 76 valence electrons. The Morgan fingerprint density at radius 3 is 2.71 bits per heavy atom. The molecule has 1 N–H and O–H groups in total. The lowest BCUT2D eigenvalue weighted by atomic mass is 9.88. The van der Waals surface area contributed by atoms with Crippen LogP contribution in [0.15, 0.2) is 23.8 Å². The van der Waals surface area contributed by atoms with Gasteiger partial charge in [-0.05, 0) is 19.4 Å². The van der Waals surface area contributed by atoms with Crippen LogP contribution in [0.2, 0.25) is 0 Å². The molecular formula is C10H12O4. The number of hydrogen-bond donors (Lipinski definition) is 1. The highest BCUT2D eigenvalue weighted by molar-refractivity contribution is 5.95. The van der Waals surface area contributed by atoms with Crippen molar-refractivity contribution in [2.75, 3.05) is 0 Å². The predicted octanol–water partition coefficient (Wildman–Crippen LogP) is 1.28. The SMILES string of the molecule is C=C1CC(=CC)C(=O)OC1(C)C(=O)O. The Bertz CT molecular complexity index is 340. The predicted molar refractivity (Wildman–Crippen MR) is 49.6 cm³/mol. The van der Waals surface area contributed by atoms with Crippen molar-refractivity contribution >= 4 is 11.9 Å². The number of carboxylic acid groups (broad SMARTS) is 1. The fourth-order valence-corrected chi connectivity index (χ4v) is 1.21. The molecule has 1 unspecified atom stereocenters. The first-order valence-electron chi connectivity index (χ1n) is 4.22. The van der Waals surface area contributed by atoms with Crippen molar-refractivity contribution in [3.8, 4) is 0 Å². The van der Waals surface area contributed by atoms with E-state index < -0.39 is 17.5 Å². The van der Waals surface area contributed by atoms with Gasteiger partial charge in [0.25, 0.3) is 0 Å². The van der Waals surface area contributed by atoms with Crippen molar-refractivity contribution in [2.45, 2.75) is 25.9 Å². The van der Waals surface area contributed by atoms with Crippen molar-refractivity contribution in [3.63, 3.8) is 0 Å². The highest BCUT2D eigenvalue weighted by Gasteiger charge is 2.44. The number of ether oxygens (including phenoxy) is 1. The molecule has 1 heterocycles. The second kappa shape index (κ2) is 3.29. The monoisotopic (exact) mass is 196 g/mol. The summed E-state index contributed by atoms with van der Waals surface area (Å²) in [4.78, 5) is 22.2. The Hall–Kier alpha value is -1.58. The maximum absolute atomic E-state index is 11.3. The van der Waals surface area contributed by atoms with Crippen LogP contribution in [0.5, 0.6) is 0 Å². The van der Waals surface area contributed by atoms with Gasteiger partial charge in [0.15, 0.2) is 0 Å². The van der Waals surface area contributed by atoms with E-state index in [0.29, 0.717) is 11.1 Å². The van der Waals surface area contributed by atoms with E-state index in [1.54, 1.807) is 13.0 Å². The van der Waals surface area contributed by atoms with E-state index in [1.807, 2.05) is 0 Å².